The van der Waals surface area contributed by atoms with Gasteiger partial charge in [-0.3, -0.25) is 14.5 Å². The number of hydrogen-bond acceptors (Lipinski definition) is 5. The van der Waals surface area contributed by atoms with Gasteiger partial charge in [-0.25, -0.2) is 0 Å². The maximum absolute atomic E-state index is 12.3. The van der Waals surface area contributed by atoms with Crippen LogP contribution in [0.2, 0.25) is 0 Å². The summed E-state index contributed by atoms with van der Waals surface area (Å²) in [5, 5.41) is 9.69. The molecule has 1 aromatic heterocycles. The fraction of sp³-hybridized carbons (Fsp3) is 0.333. The highest BCUT2D eigenvalue weighted by molar-refractivity contribution is 7.98. The standard InChI is InChI=1S/C18H20N2O4S/c1-25-14-6-4-13(5-7-14)16(18(22)23)19-8-10-20(11-9-19)17(21)15-3-2-12-24-15/h2-7,12,16H,8-11H2,1H3,(H,22,23)/t16-/m0/s1. The number of rotatable bonds is 5. The van der Waals surface area contributed by atoms with E-state index in [4.69, 9.17) is 4.42 Å². The molecule has 0 aliphatic carbocycles. The molecule has 25 heavy (non-hydrogen) atoms. The Morgan fingerprint density at radius 3 is 2.32 bits per heavy atom. The first-order valence-electron chi connectivity index (χ1n) is 8.03. The summed E-state index contributed by atoms with van der Waals surface area (Å²) in [6.45, 7) is 1.97. The van der Waals surface area contributed by atoms with Crippen LogP contribution < -0.4 is 0 Å². The fourth-order valence-corrected chi connectivity index (χ4v) is 3.44. The zero-order chi connectivity index (χ0) is 17.8. The number of carboxylic acid groups (broad SMARTS) is 1. The van der Waals surface area contributed by atoms with Crippen LogP contribution in [0.5, 0.6) is 0 Å². The van der Waals surface area contributed by atoms with Crippen molar-refractivity contribution in [1.29, 1.82) is 0 Å². The minimum absolute atomic E-state index is 0.152. The highest BCUT2D eigenvalue weighted by Gasteiger charge is 2.32. The summed E-state index contributed by atoms with van der Waals surface area (Å²) in [5.74, 6) is -0.709. The van der Waals surface area contributed by atoms with E-state index in [2.05, 4.69) is 0 Å². The topological polar surface area (TPSA) is 74.0 Å². The van der Waals surface area contributed by atoms with Gasteiger partial charge in [0.15, 0.2) is 5.76 Å². The molecule has 1 amide bonds. The number of carboxylic acids is 1. The molecule has 1 aliphatic rings. The van der Waals surface area contributed by atoms with Crippen LogP contribution in [-0.4, -0.2) is 59.2 Å². The van der Waals surface area contributed by atoms with Crippen molar-refractivity contribution in [2.24, 2.45) is 0 Å². The van der Waals surface area contributed by atoms with E-state index in [9.17, 15) is 14.7 Å². The van der Waals surface area contributed by atoms with Gasteiger partial charge in [-0.1, -0.05) is 12.1 Å². The Hall–Kier alpha value is -2.25. The molecule has 1 atom stereocenters. The van der Waals surface area contributed by atoms with E-state index in [0.717, 1.165) is 10.5 Å². The van der Waals surface area contributed by atoms with Crippen molar-refractivity contribution in [3.8, 4) is 0 Å². The summed E-state index contributed by atoms with van der Waals surface area (Å²) in [7, 11) is 0. The van der Waals surface area contributed by atoms with E-state index in [1.54, 1.807) is 28.8 Å². The molecule has 1 aromatic carbocycles. The lowest BCUT2D eigenvalue weighted by atomic mass is 10.0. The largest absolute Gasteiger partial charge is 0.480 e. The lowest BCUT2D eigenvalue weighted by Gasteiger charge is -2.37. The Morgan fingerprint density at radius 1 is 1.12 bits per heavy atom. The number of amides is 1. The number of thioether (sulfide) groups is 1. The number of carbonyl (C=O) groups excluding carboxylic acids is 1. The third-order valence-electron chi connectivity index (χ3n) is 4.36. The average molecular weight is 360 g/mol. The smallest absolute Gasteiger partial charge is 0.325 e. The Balaban J connectivity index is 1.68. The molecule has 2 heterocycles. The predicted octanol–water partition coefficient (Wildman–Crippen LogP) is 2.59. The highest BCUT2D eigenvalue weighted by atomic mass is 32.2. The Labute approximate surface area is 150 Å². The number of aliphatic carboxylic acids is 1. The fourth-order valence-electron chi connectivity index (χ4n) is 3.04. The van der Waals surface area contributed by atoms with Gasteiger partial charge in [0.1, 0.15) is 6.04 Å². The number of piperazine rings is 1. The number of carbonyl (C=O) groups is 2. The van der Waals surface area contributed by atoms with E-state index in [1.165, 1.54) is 6.26 Å². The molecule has 0 unspecified atom stereocenters. The first-order valence-corrected chi connectivity index (χ1v) is 9.26. The van der Waals surface area contributed by atoms with Crippen LogP contribution in [0.25, 0.3) is 0 Å². The molecule has 1 aliphatic heterocycles. The number of hydrogen-bond donors (Lipinski definition) is 1. The van der Waals surface area contributed by atoms with E-state index in [1.807, 2.05) is 35.4 Å². The number of furan rings is 1. The highest BCUT2D eigenvalue weighted by Crippen LogP contribution is 2.25. The summed E-state index contributed by atoms with van der Waals surface area (Å²) in [5.41, 5.74) is 0.760. The Bertz CT molecular complexity index is 722. The van der Waals surface area contributed by atoms with Gasteiger partial charge in [-0.2, -0.15) is 0 Å². The van der Waals surface area contributed by atoms with Crippen molar-refractivity contribution in [2.75, 3.05) is 32.4 Å². The van der Waals surface area contributed by atoms with Crippen molar-refractivity contribution in [3.05, 3.63) is 54.0 Å². The molecule has 3 rings (SSSR count). The lowest BCUT2D eigenvalue weighted by molar-refractivity contribution is -0.144. The lowest BCUT2D eigenvalue weighted by Crippen LogP contribution is -2.51. The first-order chi connectivity index (χ1) is 12.1. The van der Waals surface area contributed by atoms with Gasteiger partial charge in [-0.15, -0.1) is 11.8 Å². The van der Waals surface area contributed by atoms with Crippen LogP contribution in [0.1, 0.15) is 22.2 Å². The molecule has 1 saturated heterocycles. The monoisotopic (exact) mass is 360 g/mol. The average Bonchev–Trinajstić information content (AvgIpc) is 3.17. The zero-order valence-corrected chi connectivity index (χ0v) is 14.7. The summed E-state index contributed by atoms with van der Waals surface area (Å²) in [4.78, 5) is 28.8. The SMILES string of the molecule is CSc1ccc([C@@H](C(=O)O)N2CCN(C(=O)c3ccco3)CC2)cc1. The third kappa shape index (κ3) is 3.88. The van der Waals surface area contributed by atoms with Crippen molar-refractivity contribution in [1.82, 2.24) is 9.80 Å². The van der Waals surface area contributed by atoms with Crippen molar-refractivity contribution in [2.45, 2.75) is 10.9 Å². The van der Waals surface area contributed by atoms with Crippen molar-refractivity contribution in [3.63, 3.8) is 0 Å². The van der Waals surface area contributed by atoms with Gasteiger partial charge in [0, 0.05) is 31.1 Å². The van der Waals surface area contributed by atoms with Gasteiger partial charge in [0.05, 0.1) is 6.26 Å². The summed E-state index contributed by atoms with van der Waals surface area (Å²) in [6, 6.07) is 10.2. The second-order valence-electron chi connectivity index (χ2n) is 5.82. The zero-order valence-electron chi connectivity index (χ0n) is 13.9. The van der Waals surface area contributed by atoms with E-state index >= 15 is 0 Å². The molecular formula is C18H20N2O4S. The molecule has 1 fully saturated rings. The molecular weight excluding hydrogens is 340 g/mol. The molecule has 0 bridgehead atoms. The van der Waals surface area contributed by atoms with E-state index in [-0.39, 0.29) is 5.91 Å². The molecule has 0 radical (unpaired) electrons. The van der Waals surface area contributed by atoms with Crippen LogP contribution in [-0.2, 0) is 4.79 Å². The van der Waals surface area contributed by atoms with Crippen molar-refractivity contribution >= 4 is 23.6 Å². The normalized spacial score (nSPS) is 16.6. The van der Waals surface area contributed by atoms with Gasteiger partial charge in [-0.05, 0) is 36.1 Å². The van der Waals surface area contributed by atoms with Gasteiger partial charge >= 0.3 is 5.97 Å². The van der Waals surface area contributed by atoms with Crippen molar-refractivity contribution < 1.29 is 19.1 Å². The van der Waals surface area contributed by atoms with Gasteiger partial charge < -0.3 is 14.4 Å². The van der Waals surface area contributed by atoms with Gasteiger partial charge in [0.2, 0.25) is 0 Å². The first kappa shape index (κ1) is 17.6. The number of nitrogens with zero attached hydrogens (tertiary/aromatic N) is 2. The summed E-state index contributed by atoms with van der Waals surface area (Å²) in [6.07, 6.45) is 3.46. The molecule has 6 nitrogen and oxygen atoms in total. The Morgan fingerprint density at radius 2 is 1.80 bits per heavy atom. The number of benzene rings is 1. The second kappa shape index (κ2) is 7.76. The van der Waals surface area contributed by atoms with E-state index < -0.39 is 12.0 Å². The minimum Gasteiger partial charge on any atom is -0.480 e. The van der Waals surface area contributed by atoms with Crippen LogP contribution in [0.4, 0.5) is 0 Å². The summed E-state index contributed by atoms with van der Waals surface area (Å²) < 4.78 is 5.15. The molecule has 1 N–H and O–H groups in total. The van der Waals surface area contributed by atoms with Gasteiger partial charge in [0.25, 0.3) is 5.91 Å². The molecule has 132 valence electrons. The molecule has 0 saturated carbocycles. The van der Waals surface area contributed by atoms with Crippen LogP contribution in [0, 0.1) is 0 Å². The van der Waals surface area contributed by atoms with Crippen LogP contribution in [0.3, 0.4) is 0 Å². The Kier molecular flexibility index (Phi) is 5.45. The minimum atomic E-state index is -0.872. The van der Waals surface area contributed by atoms with Crippen LogP contribution in [0.15, 0.2) is 52.0 Å². The third-order valence-corrected chi connectivity index (χ3v) is 5.11. The maximum atomic E-state index is 12.3. The van der Waals surface area contributed by atoms with E-state index in [0.29, 0.717) is 31.9 Å². The maximum Gasteiger partial charge on any atom is 0.325 e. The summed E-state index contributed by atoms with van der Waals surface area (Å²) >= 11 is 1.62. The van der Waals surface area contributed by atoms with Crippen LogP contribution >= 0.6 is 11.8 Å². The molecule has 7 heteroatoms. The second-order valence-corrected chi connectivity index (χ2v) is 6.70. The quantitative estimate of drug-likeness (QED) is 0.826. The molecule has 0 spiro atoms. The predicted molar refractivity (Wildman–Crippen MR) is 94.8 cm³/mol. The molecule has 2 aromatic rings.